The van der Waals surface area contributed by atoms with Crippen LogP contribution >= 0.6 is 0 Å². The van der Waals surface area contributed by atoms with Gasteiger partial charge >= 0.3 is 0 Å². The van der Waals surface area contributed by atoms with Crippen LogP contribution in [0.4, 0.5) is 0 Å². The summed E-state index contributed by atoms with van der Waals surface area (Å²) in [5.41, 5.74) is 2.95. The second-order valence-electron chi connectivity index (χ2n) is 6.51. The number of hydrogen-bond donors (Lipinski definition) is 1. The quantitative estimate of drug-likeness (QED) is 0.841. The second kappa shape index (κ2) is 8.79. The number of nitrogens with zero attached hydrogens (tertiary/aromatic N) is 1. The van der Waals surface area contributed by atoms with Crippen molar-refractivity contribution < 1.29 is 9.53 Å². The van der Waals surface area contributed by atoms with Gasteiger partial charge in [0.25, 0.3) is 5.91 Å². The van der Waals surface area contributed by atoms with E-state index in [-0.39, 0.29) is 11.9 Å². The number of hydrogen-bond acceptors (Lipinski definition) is 3. The fourth-order valence-corrected chi connectivity index (χ4v) is 3.45. The number of carbonyl (C=O) groups is 1. The van der Waals surface area contributed by atoms with Gasteiger partial charge < -0.3 is 10.1 Å². The van der Waals surface area contributed by atoms with Gasteiger partial charge in [0.1, 0.15) is 0 Å². The van der Waals surface area contributed by atoms with Crippen molar-refractivity contribution in [2.24, 2.45) is 0 Å². The summed E-state index contributed by atoms with van der Waals surface area (Å²) in [6.45, 7) is 3.33. The lowest BCUT2D eigenvalue weighted by Crippen LogP contribution is -2.36. The molecule has 4 nitrogen and oxygen atoms in total. The molecule has 2 aromatic rings. The van der Waals surface area contributed by atoms with E-state index < -0.39 is 0 Å². The van der Waals surface area contributed by atoms with Crippen LogP contribution in [0.5, 0.6) is 0 Å². The molecule has 1 unspecified atom stereocenters. The van der Waals surface area contributed by atoms with Crippen molar-refractivity contribution >= 4 is 5.91 Å². The molecule has 0 saturated carbocycles. The van der Waals surface area contributed by atoms with Crippen LogP contribution in [0.3, 0.4) is 0 Å². The van der Waals surface area contributed by atoms with E-state index in [1.54, 1.807) is 7.11 Å². The highest BCUT2D eigenvalue weighted by Gasteiger charge is 2.23. The summed E-state index contributed by atoms with van der Waals surface area (Å²) in [4.78, 5) is 15.1. The smallest absolute Gasteiger partial charge is 0.251 e. The maximum Gasteiger partial charge on any atom is 0.251 e. The van der Waals surface area contributed by atoms with Gasteiger partial charge in [-0.1, -0.05) is 42.5 Å². The van der Waals surface area contributed by atoms with Crippen LogP contribution in [-0.4, -0.2) is 37.6 Å². The first-order chi connectivity index (χ1) is 12.3. The van der Waals surface area contributed by atoms with Crippen LogP contribution in [0.15, 0.2) is 54.6 Å². The highest BCUT2D eigenvalue weighted by atomic mass is 16.5. The third-order valence-corrected chi connectivity index (χ3v) is 4.72. The maximum absolute atomic E-state index is 12.6. The Morgan fingerprint density at radius 3 is 2.60 bits per heavy atom. The first-order valence-corrected chi connectivity index (χ1v) is 8.93. The average Bonchev–Trinajstić information content (AvgIpc) is 3.18. The molecule has 1 atom stereocenters. The van der Waals surface area contributed by atoms with Gasteiger partial charge in [0, 0.05) is 19.2 Å². The highest BCUT2D eigenvalue weighted by Crippen LogP contribution is 2.24. The molecular weight excluding hydrogens is 312 g/mol. The monoisotopic (exact) mass is 338 g/mol. The van der Waals surface area contributed by atoms with Crippen molar-refractivity contribution in [3.63, 3.8) is 0 Å². The lowest BCUT2D eigenvalue weighted by atomic mass is 10.1. The van der Waals surface area contributed by atoms with Gasteiger partial charge in [-0.15, -0.1) is 0 Å². The van der Waals surface area contributed by atoms with Gasteiger partial charge in [0.05, 0.1) is 12.6 Å². The molecule has 132 valence electrons. The van der Waals surface area contributed by atoms with Crippen molar-refractivity contribution in [1.29, 1.82) is 0 Å². The molecule has 0 aliphatic carbocycles. The zero-order chi connectivity index (χ0) is 17.5. The zero-order valence-corrected chi connectivity index (χ0v) is 14.8. The SMILES string of the molecule is COCc1cccc(C(=O)NCC(c2ccccc2)N2CCCC2)c1. The van der Waals surface area contributed by atoms with Gasteiger partial charge in [-0.3, -0.25) is 9.69 Å². The Bertz CT molecular complexity index is 681. The van der Waals surface area contributed by atoms with E-state index in [0.29, 0.717) is 18.7 Å². The number of rotatable bonds is 7. The highest BCUT2D eigenvalue weighted by molar-refractivity contribution is 5.94. The molecule has 1 saturated heterocycles. The second-order valence-corrected chi connectivity index (χ2v) is 6.51. The number of likely N-dealkylation sites (tertiary alicyclic amines) is 1. The molecule has 25 heavy (non-hydrogen) atoms. The Kier molecular flexibility index (Phi) is 6.20. The largest absolute Gasteiger partial charge is 0.380 e. The molecule has 1 aliphatic heterocycles. The van der Waals surface area contributed by atoms with E-state index in [1.807, 2.05) is 30.3 Å². The first kappa shape index (κ1) is 17.6. The summed E-state index contributed by atoms with van der Waals surface area (Å²) >= 11 is 0. The standard InChI is InChI=1S/C21H26N2O2/c1-25-16-17-8-7-11-19(14-17)21(24)22-15-20(23-12-5-6-13-23)18-9-3-2-4-10-18/h2-4,7-11,14,20H,5-6,12-13,15-16H2,1H3,(H,22,24). The van der Waals surface area contributed by atoms with E-state index in [9.17, 15) is 4.79 Å². The van der Waals surface area contributed by atoms with Crippen molar-refractivity contribution in [1.82, 2.24) is 10.2 Å². The van der Waals surface area contributed by atoms with Gasteiger partial charge in [-0.05, 0) is 49.2 Å². The number of nitrogens with one attached hydrogen (secondary N) is 1. The molecule has 1 aliphatic rings. The Labute approximate surface area is 149 Å². The predicted octanol–water partition coefficient (Wildman–Crippen LogP) is 3.40. The number of ether oxygens (including phenoxy) is 1. The lowest BCUT2D eigenvalue weighted by molar-refractivity contribution is 0.0937. The molecule has 0 spiro atoms. The van der Waals surface area contributed by atoms with Crippen LogP contribution in [-0.2, 0) is 11.3 Å². The first-order valence-electron chi connectivity index (χ1n) is 8.93. The van der Waals surface area contributed by atoms with Gasteiger partial charge in [-0.2, -0.15) is 0 Å². The molecule has 1 amide bonds. The molecule has 1 heterocycles. The Morgan fingerprint density at radius 1 is 1.12 bits per heavy atom. The van der Waals surface area contributed by atoms with Crippen molar-refractivity contribution in [2.75, 3.05) is 26.7 Å². The van der Waals surface area contributed by atoms with Gasteiger partial charge in [0.2, 0.25) is 0 Å². The summed E-state index contributed by atoms with van der Waals surface area (Å²) in [7, 11) is 1.66. The average molecular weight is 338 g/mol. The third kappa shape index (κ3) is 4.68. The van der Waals surface area contributed by atoms with Crippen LogP contribution in [0.25, 0.3) is 0 Å². The van der Waals surface area contributed by atoms with Gasteiger partial charge in [0.15, 0.2) is 0 Å². The maximum atomic E-state index is 12.6. The van der Waals surface area contributed by atoms with Crippen LogP contribution in [0, 0.1) is 0 Å². The summed E-state index contributed by atoms with van der Waals surface area (Å²) in [6.07, 6.45) is 2.46. The molecule has 0 bridgehead atoms. The van der Waals surface area contributed by atoms with Crippen LogP contribution in [0.2, 0.25) is 0 Å². The number of methoxy groups -OCH3 is 1. The fraction of sp³-hybridized carbons (Fsp3) is 0.381. The Morgan fingerprint density at radius 2 is 1.88 bits per heavy atom. The minimum absolute atomic E-state index is 0.0296. The summed E-state index contributed by atoms with van der Waals surface area (Å²) in [6, 6.07) is 18.3. The van der Waals surface area contributed by atoms with Crippen LogP contribution in [0.1, 0.15) is 40.4 Å². The Balaban J connectivity index is 1.68. The fourth-order valence-electron chi connectivity index (χ4n) is 3.45. The topological polar surface area (TPSA) is 41.6 Å². The normalized spacial score (nSPS) is 15.9. The molecule has 0 aromatic heterocycles. The minimum atomic E-state index is -0.0296. The van der Waals surface area contributed by atoms with Crippen LogP contribution < -0.4 is 5.32 Å². The van der Waals surface area contributed by atoms with Crippen molar-refractivity contribution in [2.45, 2.75) is 25.5 Å². The van der Waals surface area contributed by atoms with E-state index in [2.05, 4.69) is 34.5 Å². The lowest BCUT2D eigenvalue weighted by Gasteiger charge is -2.28. The number of amides is 1. The number of benzene rings is 2. The molecule has 0 radical (unpaired) electrons. The summed E-state index contributed by atoms with van der Waals surface area (Å²) in [5, 5.41) is 3.12. The molecule has 4 heteroatoms. The van der Waals surface area contributed by atoms with E-state index >= 15 is 0 Å². The Hall–Kier alpha value is -2.17. The summed E-state index contributed by atoms with van der Waals surface area (Å²) < 4.78 is 5.15. The molecular formula is C21H26N2O2. The third-order valence-electron chi connectivity index (χ3n) is 4.72. The minimum Gasteiger partial charge on any atom is -0.380 e. The predicted molar refractivity (Wildman–Crippen MR) is 99.5 cm³/mol. The van der Waals surface area contributed by atoms with E-state index in [4.69, 9.17) is 4.74 Å². The van der Waals surface area contributed by atoms with Crippen molar-refractivity contribution in [3.05, 3.63) is 71.3 Å². The molecule has 2 aromatic carbocycles. The molecule has 3 rings (SSSR count). The van der Waals surface area contributed by atoms with Crippen molar-refractivity contribution in [3.8, 4) is 0 Å². The zero-order valence-electron chi connectivity index (χ0n) is 14.8. The van der Waals surface area contributed by atoms with Gasteiger partial charge in [-0.25, -0.2) is 0 Å². The molecule has 1 fully saturated rings. The van der Waals surface area contributed by atoms with E-state index in [1.165, 1.54) is 18.4 Å². The summed E-state index contributed by atoms with van der Waals surface area (Å²) in [5.74, 6) is -0.0296. The molecule has 1 N–H and O–H groups in total. The van der Waals surface area contributed by atoms with E-state index in [0.717, 1.165) is 18.7 Å². The number of carbonyl (C=O) groups excluding carboxylic acids is 1.